The molecule has 1 atom stereocenters. The van der Waals surface area contributed by atoms with Gasteiger partial charge >= 0.3 is 0 Å². The molecule has 7 heteroatoms. The van der Waals surface area contributed by atoms with E-state index in [0.717, 1.165) is 73.8 Å². The van der Waals surface area contributed by atoms with E-state index >= 15 is 0 Å². The Bertz CT molecular complexity index is 1140. The van der Waals surface area contributed by atoms with Crippen LogP contribution in [0, 0.1) is 0 Å². The van der Waals surface area contributed by atoms with Crippen LogP contribution in [0.4, 0.5) is 11.5 Å². The van der Waals surface area contributed by atoms with Gasteiger partial charge in [0.05, 0.1) is 5.82 Å². The molecule has 4 rings (SSSR count). The van der Waals surface area contributed by atoms with Crippen LogP contribution in [0.2, 0.25) is 0 Å². The molecule has 1 fully saturated rings. The molecule has 7 nitrogen and oxygen atoms in total. The molecule has 0 amide bonds. The van der Waals surface area contributed by atoms with Crippen molar-refractivity contribution in [3.63, 3.8) is 0 Å². The Hall–Kier alpha value is -3.48. The quantitative estimate of drug-likeness (QED) is 0.334. The molecule has 1 saturated heterocycles. The summed E-state index contributed by atoms with van der Waals surface area (Å²) in [7, 11) is 1.87. The standard InChI is InChI=1S/C29H39N5O2.C4H10/c1-6-24-17-23(19-31-29(24)30-5)18-28(20(2)35)36-22(4)33-14-12-26(13-15-33)34-16-11-25-9-7-8-10-27(25)32-21(34)3;1-3-4-2/h7-10,17,19,26,28,32H,3-4,6,11-16,18H2,1-2,5H3,(H,30,31);3-4H2,1-2H3/t28-;/m1./s1. The number of nitrogens with one attached hydrogen (secondary N) is 2. The number of para-hydroxylation sites is 1. The van der Waals surface area contributed by atoms with Gasteiger partial charge in [-0.3, -0.25) is 4.79 Å². The summed E-state index contributed by atoms with van der Waals surface area (Å²) in [5, 5.41) is 6.63. The van der Waals surface area contributed by atoms with Crippen LogP contribution in [0.1, 0.15) is 70.1 Å². The first-order chi connectivity index (χ1) is 19.3. The zero-order chi connectivity index (χ0) is 29.1. The number of carbonyl (C=O) groups excluding carboxylic acids is 1. The first-order valence-electron chi connectivity index (χ1n) is 14.9. The van der Waals surface area contributed by atoms with Gasteiger partial charge in [0.15, 0.2) is 17.8 Å². The van der Waals surface area contributed by atoms with E-state index in [9.17, 15) is 4.79 Å². The van der Waals surface area contributed by atoms with E-state index in [1.54, 1.807) is 6.92 Å². The smallest absolute Gasteiger partial charge is 0.182 e. The van der Waals surface area contributed by atoms with Crippen LogP contribution in [0.3, 0.4) is 0 Å². The topological polar surface area (TPSA) is 69.7 Å². The Kier molecular flexibility index (Phi) is 11.9. The summed E-state index contributed by atoms with van der Waals surface area (Å²) >= 11 is 0. The highest BCUT2D eigenvalue weighted by molar-refractivity contribution is 5.81. The third-order valence-corrected chi connectivity index (χ3v) is 7.82. The zero-order valence-electron chi connectivity index (χ0n) is 25.3. The number of carbonyl (C=O) groups is 1. The molecule has 0 aliphatic carbocycles. The van der Waals surface area contributed by atoms with Crippen molar-refractivity contribution in [2.75, 3.05) is 37.3 Å². The van der Waals surface area contributed by atoms with Crippen LogP contribution >= 0.6 is 0 Å². The lowest BCUT2D eigenvalue weighted by atomic mass is 10.0. The van der Waals surface area contributed by atoms with Crippen molar-refractivity contribution in [2.45, 2.75) is 84.8 Å². The van der Waals surface area contributed by atoms with Gasteiger partial charge in [-0.1, -0.05) is 64.5 Å². The van der Waals surface area contributed by atoms with E-state index in [-0.39, 0.29) is 5.78 Å². The number of aromatic nitrogens is 1. The highest BCUT2D eigenvalue weighted by Gasteiger charge is 2.29. The number of rotatable bonds is 10. The number of fused-ring (bicyclic) bond motifs is 1. The second-order valence-corrected chi connectivity index (χ2v) is 10.7. The number of hydrogen-bond acceptors (Lipinski definition) is 7. The minimum absolute atomic E-state index is 0.00622. The molecule has 2 N–H and O–H groups in total. The predicted octanol–water partition coefficient (Wildman–Crippen LogP) is 6.39. The molecule has 3 heterocycles. The van der Waals surface area contributed by atoms with Crippen LogP contribution in [-0.4, -0.2) is 59.4 Å². The van der Waals surface area contributed by atoms with Gasteiger partial charge in [0, 0.05) is 51.0 Å². The van der Waals surface area contributed by atoms with Crippen LogP contribution in [0.25, 0.3) is 0 Å². The van der Waals surface area contributed by atoms with Crippen LogP contribution < -0.4 is 10.6 Å². The SMILES string of the molecule is C=C(O[C@H](Cc1cnc(NC)c(CC)c1)C(C)=O)N1CCC(N2CCc3ccccc3NC2=C)CC1.CCCC. The van der Waals surface area contributed by atoms with Crippen LogP contribution in [0.5, 0.6) is 0 Å². The normalized spacial score (nSPS) is 16.1. The Morgan fingerprint density at radius 2 is 1.88 bits per heavy atom. The number of ketones is 1. The number of aryl methyl sites for hydroxylation is 1. The van der Waals surface area contributed by atoms with Crippen molar-refractivity contribution in [2.24, 2.45) is 0 Å². The molecule has 0 bridgehead atoms. The summed E-state index contributed by atoms with van der Waals surface area (Å²) in [6, 6.07) is 11.0. The second kappa shape index (κ2) is 15.3. The monoisotopic (exact) mass is 547 g/mol. The maximum atomic E-state index is 12.4. The average molecular weight is 548 g/mol. The maximum absolute atomic E-state index is 12.4. The van der Waals surface area contributed by atoms with Gasteiger partial charge in [0.2, 0.25) is 0 Å². The van der Waals surface area contributed by atoms with E-state index in [2.05, 4.69) is 89.7 Å². The maximum Gasteiger partial charge on any atom is 0.182 e. The lowest BCUT2D eigenvalue weighted by molar-refractivity contribution is -0.127. The van der Waals surface area contributed by atoms with Crippen molar-refractivity contribution in [1.82, 2.24) is 14.8 Å². The molecular weight excluding hydrogens is 498 g/mol. The largest absolute Gasteiger partial charge is 0.468 e. The number of ether oxygens (including phenoxy) is 1. The number of hydrogen-bond donors (Lipinski definition) is 2. The highest BCUT2D eigenvalue weighted by Crippen LogP contribution is 2.28. The number of likely N-dealkylation sites (tertiary alicyclic amines) is 1. The average Bonchev–Trinajstić information content (AvgIpc) is 3.14. The number of unbranched alkanes of at least 4 members (excludes halogenated alkanes) is 1. The van der Waals surface area contributed by atoms with Crippen molar-refractivity contribution < 1.29 is 9.53 Å². The Labute approximate surface area is 241 Å². The Balaban J connectivity index is 0.00000103. The zero-order valence-corrected chi connectivity index (χ0v) is 25.3. The van der Waals surface area contributed by atoms with Gasteiger partial charge in [-0.05, 0) is 61.9 Å². The number of piperidine rings is 1. The van der Waals surface area contributed by atoms with Gasteiger partial charge in [-0.15, -0.1) is 0 Å². The number of anilines is 2. The van der Waals surface area contributed by atoms with Gasteiger partial charge in [-0.25, -0.2) is 4.98 Å². The molecule has 0 spiro atoms. The summed E-state index contributed by atoms with van der Waals surface area (Å²) < 4.78 is 6.14. The first kappa shape index (κ1) is 31.1. The number of nitrogens with zero attached hydrogens (tertiary/aromatic N) is 3. The molecule has 2 aliphatic heterocycles. The lowest BCUT2D eigenvalue weighted by Crippen LogP contribution is -2.45. The fourth-order valence-electron chi connectivity index (χ4n) is 5.18. The van der Waals surface area contributed by atoms with Crippen molar-refractivity contribution in [3.8, 4) is 0 Å². The molecule has 0 unspecified atom stereocenters. The molecule has 2 aromatic rings. The van der Waals surface area contributed by atoms with E-state index in [4.69, 9.17) is 4.74 Å². The predicted molar refractivity (Wildman–Crippen MR) is 166 cm³/mol. The molecule has 2 aliphatic rings. The summed E-state index contributed by atoms with van der Waals surface area (Å²) in [5.41, 5.74) is 4.61. The first-order valence-corrected chi connectivity index (χ1v) is 14.9. The molecule has 1 aromatic carbocycles. The van der Waals surface area contributed by atoms with Crippen molar-refractivity contribution in [1.29, 1.82) is 0 Å². The van der Waals surface area contributed by atoms with E-state index in [1.165, 1.54) is 18.4 Å². The highest BCUT2D eigenvalue weighted by atomic mass is 16.5. The molecule has 1 aromatic heterocycles. The van der Waals surface area contributed by atoms with Crippen LogP contribution in [-0.2, 0) is 28.8 Å². The fraction of sp³-hybridized carbons (Fsp3) is 0.515. The van der Waals surface area contributed by atoms with Crippen LogP contribution in [0.15, 0.2) is 61.4 Å². The van der Waals surface area contributed by atoms with Gasteiger partial charge in [0.1, 0.15) is 5.82 Å². The third-order valence-electron chi connectivity index (χ3n) is 7.82. The number of pyridine rings is 1. The molecule has 0 radical (unpaired) electrons. The van der Waals surface area contributed by atoms with Gasteiger partial charge < -0.3 is 25.2 Å². The Morgan fingerprint density at radius 1 is 1.18 bits per heavy atom. The fourth-order valence-corrected chi connectivity index (χ4v) is 5.18. The number of benzene rings is 1. The summed E-state index contributed by atoms with van der Waals surface area (Å²) in [5.74, 6) is 2.41. The lowest BCUT2D eigenvalue weighted by Gasteiger charge is -2.41. The summed E-state index contributed by atoms with van der Waals surface area (Å²) in [4.78, 5) is 21.5. The minimum Gasteiger partial charge on any atom is -0.468 e. The van der Waals surface area contributed by atoms with Crippen molar-refractivity contribution in [3.05, 3.63) is 78.1 Å². The van der Waals surface area contributed by atoms with E-state index in [0.29, 0.717) is 18.3 Å². The Morgan fingerprint density at radius 3 is 2.50 bits per heavy atom. The van der Waals surface area contributed by atoms with Crippen molar-refractivity contribution >= 4 is 17.3 Å². The summed E-state index contributed by atoms with van der Waals surface area (Å²) in [6.45, 7) is 19.2. The van der Waals surface area contributed by atoms with E-state index < -0.39 is 6.10 Å². The molecular formula is C33H49N5O2. The summed E-state index contributed by atoms with van der Waals surface area (Å²) in [6.07, 6.45) is 8.21. The molecule has 40 heavy (non-hydrogen) atoms. The second-order valence-electron chi connectivity index (χ2n) is 10.7. The number of Topliss-reactive ketones (excluding diaryl/α,β-unsaturated/α-hetero) is 1. The van der Waals surface area contributed by atoms with E-state index in [1.807, 2.05) is 13.2 Å². The third kappa shape index (κ3) is 8.26. The molecule has 0 saturated carbocycles. The minimum atomic E-state index is -0.574. The van der Waals surface area contributed by atoms with Gasteiger partial charge in [-0.2, -0.15) is 0 Å². The van der Waals surface area contributed by atoms with Gasteiger partial charge in [0.25, 0.3) is 0 Å². The molecule has 218 valence electrons.